The largest absolute Gasteiger partial charge is 0.451 e. The highest BCUT2D eigenvalue weighted by molar-refractivity contribution is 5.99. The molecule has 0 saturated carbocycles. The number of hydrogen-bond acceptors (Lipinski definition) is 4. The van der Waals surface area contributed by atoms with Gasteiger partial charge in [-0.25, -0.2) is 0 Å². The smallest absolute Gasteiger partial charge is 0.297 e. The molecule has 1 aliphatic rings. The van der Waals surface area contributed by atoms with Crippen molar-refractivity contribution < 1.29 is 14.3 Å². The molecule has 19 heavy (non-hydrogen) atoms. The van der Waals surface area contributed by atoms with E-state index in [2.05, 4.69) is 10.3 Å². The number of nitrogens with zero attached hydrogens (tertiary/aromatic N) is 2. The lowest BCUT2D eigenvalue weighted by atomic mass is 10.1. The molecule has 1 saturated heterocycles. The van der Waals surface area contributed by atoms with Gasteiger partial charge in [0.1, 0.15) is 0 Å². The van der Waals surface area contributed by atoms with E-state index in [0.717, 1.165) is 11.0 Å². The summed E-state index contributed by atoms with van der Waals surface area (Å²) in [5.41, 5.74) is 1.75. The van der Waals surface area contributed by atoms with E-state index < -0.39 is 12.0 Å². The van der Waals surface area contributed by atoms with Crippen LogP contribution in [0.3, 0.4) is 0 Å². The Labute approximate surface area is 109 Å². The lowest BCUT2D eigenvalue weighted by Gasteiger charge is -2.21. The molecule has 98 valence electrons. The van der Waals surface area contributed by atoms with Gasteiger partial charge in [0.15, 0.2) is 6.10 Å². The number of nitrogens with one attached hydrogen (secondary N) is 1. The van der Waals surface area contributed by atoms with Gasteiger partial charge in [-0.15, -0.1) is 0 Å². The molecule has 0 bridgehead atoms. The highest BCUT2D eigenvalue weighted by atomic mass is 16.5. The zero-order chi connectivity index (χ0) is 13.4. The van der Waals surface area contributed by atoms with Crippen LogP contribution in [0.4, 0.5) is 0 Å². The number of rotatable bonds is 2. The van der Waals surface area contributed by atoms with Crippen molar-refractivity contribution in [2.24, 2.45) is 7.05 Å². The van der Waals surface area contributed by atoms with Crippen molar-refractivity contribution in [2.45, 2.75) is 18.9 Å². The number of aryl methyl sites for hydroxylation is 1. The SMILES string of the molecule is Cn1c(OC2CCC(=O)NC2=O)nc2ccccc21. The van der Waals surface area contributed by atoms with Crippen LogP contribution < -0.4 is 10.1 Å². The number of imide groups is 1. The van der Waals surface area contributed by atoms with Crippen LogP contribution in [-0.2, 0) is 16.6 Å². The van der Waals surface area contributed by atoms with Gasteiger partial charge in [0, 0.05) is 19.9 Å². The summed E-state index contributed by atoms with van der Waals surface area (Å²) in [5, 5.41) is 2.26. The molecule has 1 aromatic carbocycles. The Bertz CT molecular complexity index is 662. The van der Waals surface area contributed by atoms with Gasteiger partial charge < -0.3 is 4.74 Å². The third-order valence-corrected chi connectivity index (χ3v) is 3.18. The van der Waals surface area contributed by atoms with Crippen LogP contribution in [0.15, 0.2) is 24.3 Å². The molecule has 3 rings (SSSR count). The minimum Gasteiger partial charge on any atom is -0.451 e. The third-order valence-electron chi connectivity index (χ3n) is 3.18. The van der Waals surface area contributed by atoms with Crippen LogP contribution in [0.2, 0.25) is 0 Å². The number of amides is 2. The van der Waals surface area contributed by atoms with E-state index in [9.17, 15) is 9.59 Å². The van der Waals surface area contributed by atoms with Crippen molar-refractivity contribution in [3.63, 3.8) is 0 Å². The Balaban J connectivity index is 1.87. The molecule has 1 N–H and O–H groups in total. The number of fused-ring (bicyclic) bond motifs is 1. The molecule has 1 atom stereocenters. The molecule has 0 spiro atoms. The van der Waals surface area contributed by atoms with Crippen molar-refractivity contribution in [1.29, 1.82) is 0 Å². The number of ether oxygens (including phenoxy) is 1. The van der Waals surface area contributed by atoms with Gasteiger partial charge in [-0.2, -0.15) is 4.98 Å². The highest BCUT2D eigenvalue weighted by Crippen LogP contribution is 2.21. The number of piperidine rings is 1. The molecule has 1 unspecified atom stereocenters. The first-order chi connectivity index (χ1) is 9.15. The molecule has 1 aliphatic heterocycles. The highest BCUT2D eigenvalue weighted by Gasteiger charge is 2.29. The summed E-state index contributed by atoms with van der Waals surface area (Å²) in [6.07, 6.45) is 0.0158. The number of imidazole rings is 1. The molecule has 1 aromatic heterocycles. The molecule has 6 heteroatoms. The number of carbonyl (C=O) groups is 2. The van der Waals surface area contributed by atoms with Gasteiger partial charge in [-0.05, 0) is 12.1 Å². The van der Waals surface area contributed by atoms with Crippen molar-refractivity contribution in [3.8, 4) is 6.01 Å². The van der Waals surface area contributed by atoms with Gasteiger partial charge in [-0.1, -0.05) is 12.1 Å². The maximum absolute atomic E-state index is 11.6. The molecule has 0 aliphatic carbocycles. The monoisotopic (exact) mass is 259 g/mol. The molecule has 1 fully saturated rings. The van der Waals surface area contributed by atoms with Gasteiger partial charge >= 0.3 is 0 Å². The fraction of sp³-hybridized carbons (Fsp3) is 0.308. The van der Waals surface area contributed by atoms with Crippen LogP contribution in [-0.4, -0.2) is 27.5 Å². The summed E-state index contributed by atoms with van der Waals surface area (Å²) in [6.45, 7) is 0. The van der Waals surface area contributed by atoms with E-state index in [0.29, 0.717) is 18.9 Å². The summed E-state index contributed by atoms with van der Waals surface area (Å²) in [5.74, 6) is -0.654. The molecule has 2 aromatic rings. The fourth-order valence-electron chi connectivity index (χ4n) is 2.14. The topological polar surface area (TPSA) is 73.2 Å². The van der Waals surface area contributed by atoms with E-state index in [-0.39, 0.29) is 5.91 Å². The van der Waals surface area contributed by atoms with Crippen LogP contribution in [0.1, 0.15) is 12.8 Å². The maximum atomic E-state index is 11.6. The van der Waals surface area contributed by atoms with Crippen LogP contribution in [0, 0.1) is 0 Å². The summed E-state index contributed by atoms with van der Waals surface area (Å²) < 4.78 is 7.41. The predicted octanol–water partition coefficient (Wildman–Crippen LogP) is 0.757. The molecule has 2 amide bonds. The fourth-order valence-corrected chi connectivity index (χ4v) is 2.14. The van der Waals surface area contributed by atoms with Crippen LogP contribution in [0.25, 0.3) is 11.0 Å². The summed E-state index contributed by atoms with van der Waals surface area (Å²) in [4.78, 5) is 27.0. The number of para-hydroxylation sites is 2. The van der Waals surface area contributed by atoms with Crippen molar-refractivity contribution >= 4 is 22.8 Å². The zero-order valence-corrected chi connectivity index (χ0v) is 10.4. The molecule has 6 nitrogen and oxygen atoms in total. The predicted molar refractivity (Wildman–Crippen MR) is 67.5 cm³/mol. The van der Waals surface area contributed by atoms with Crippen LogP contribution >= 0.6 is 0 Å². The summed E-state index contributed by atoms with van der Waals surface area (Å²) in [7, 11) is 1.83. The molecule has 2 heterocycles. The van der Waals surface area contributed by atoms with Crippen molar-refractivity contribution in [3.05, 3.63) is 24.3 Å². The normalized spacial score (nSPS) is 19.5. The van der Waals surface area contributed by atoms with Crippen LogP contribution in [0.5, 0.6) is 6.01 Å². The average Bonchev–Trinajstić information content (AvgIpc) is 2.70. The number of carbonyl (C=O) groups excluding carboxylic acids is 2. The standard InChI is InChI=1S/C13H13N3O3/c1-16-9-5-3-2-4-8(9)14-13(16)19-10-6-7-11(17)15-12(10)18/h2-5,10H,6-7H2,1H3,(H,15,17,18). The first kappa shape index (κ1) is 11.7. The second-order valence-corrected chi connectivity index (χ2v) is 4.50. The summed E-state index contributed by atoms with van der Waals surface area (Å²) >= 11 is 0. The average molecular weight is 259 g/mol. The first-order valence-corrected chi connectivity index (χ1v) is 6.07. The quantitative estimate of drug-likeness (QED) is 0.808. The van der Waals surface area contributed by atoms with Crippen molar-refractivity contribution in [1.82, 2.24) is 14.9 Å². The van der Waals surface area contributed by atoms with E-state index in [1.807, 2.05) is 31.3 Å². The minimum atomic E-state index is -0.659. The first-order valence-electron chi connectivity index (χ1n) is 6.07. The summed E-state index contributed by atoms with van der Waals surface area (Å²) in [6, 6.07) is 8.01. The Morgan fingerprint density at radius 2 is 2.16 bits per heavy atom. The van der Waals surface area contributed by atoms with E-state index in [1.54, 1.807) is 4.57 Å². The Morgan fingerprint density at radius 3 is 2.89 bits per heavy atom. The van der Waals surface area contributed by atoms with Gasteiger partial charge in [-0.3, -0.25) is 19.5 Å². The lowest BCUT2D eigenvalue weighted by Crippen LogP contribution is -2.46. The number of benzene rings is 1. The Hall–Kier alpha value is -2.37. The minimum absolute atomic E-state index is 0.255. The maximum Gasteiger partial charge on any atom is 0.297 e. The Morgan fingerprint density at radius 1 is 1.37 bits per heavy atom. The van der Waals surface area contributed by atoms with Gasteiger partial charge in [0.05, 0.1) is 11.0 Å². The Kier molecular flexibility index (Phi) is 2.70. The molecular formula is C13H13N3O3. The second-order valence-electron chi connectivity index (χ2n) is 4.50. The number of aromatic nitrogens is 2. The van der Waals surface area contributed by atoms with Gasteiger partial charge in [0.25, 0.3) is 11.9 Å². The molecular weight excluding hydrogens is 246 g/mol. The zero-order valence-electron chi connectivity index (χ0n) is 10.4. The third kappa shape index (κ3) is 2.05. The second kappa shape index (κ2) is 4.38. The van der Waals surface area contributed by atoms with E-state index in [1.165, 1.54) is 0 Å². The van der Waals surface area contributed by atoms with E-state index in [4.69, 9.17) is 4.74 Å². The molecule has 0 radical (unpaired) electrons. The van der Waals surface area contributed by atoms with E-state index >= 15 is 0 Å². The lowest BCUT2D eigenvalue weighted by molar-refractivity contribution is -0.139. The number of hydrogen-bond donors (Lipinski definition) is 1. The van der Waals surface area contributed by atoms with Gasteiger partial charge in [0.2, 0.25) is 5.91 Å². The van der Waals surface area contributed by atoms with Crippen molar-refractivity contribution in [2.75, 3.05) is 0 Å².